The largest absolute Gasteiger partial charge is 0.469 e. The van der Waals surface area contributed by atoms with Crippen LogP contribution in [0.15, 0.2) is 42.0 Å². The number of hydrogen-bond acceptors (Lipinski definition) is 6. The first kappa shape index (κ1) is 23.6. The molecule has 1 fully saturated rings. The predicted molar refractivity (Wildman–Crippen MR) is 113 cm³/mol. The Morgan fingerprint density at radius 3 is 2.48 bits per heavy atom. The van der Waals surface area contributed by atoms with Gasteiger partial charge in [0, 0.05) is 19.3 Å². The van der Waals surface area contributed by atoms with Gasteiger partial charge in [0.2, 0.25) is 0 Å². The Hall–Kier alpha value is -2.06. The highest BCUT2D eigenvalue weighted by atomic mass is 19.1. The van der Waals surface area contributed by atoms with Crippen molar-refractivity contribution in [1.82, 2.24) is 0 Å². The summed E-state index contributed by atoms with van der Waals surface area (Å²) in [6.07, 6.45) is 2.54. The van der Waals surface area contributed by atoms with Crippen LogP contribution < -0.4 is 0 Å². The molecule has 3 rings (SSSR count). The highest BCUT2D eigenvalue weighted by molar-refractivity contribution is 5.74. The molecule has 1 aliphatic heterocycles. The molecule has 0 aromatic heterocycles. The summed E-state index contributed by atoms with van der Waals surface area (Å²) >= 11 is 0. The van der Waals surface area contributed by atoms with Gasteiger partial charge in [-0.05, 0) is 34.3 Å². The second-order valence-corrected chi connectivity index (χ2v) is 8.84. The third-order valence-electron chi connectivity index (χ3n) is 5.85. The fourth-order valence-corrected chi connectivity index (χ4v) is 4.46. The van der Waals surface area contributed by atoms with E-state index in [0.29, 0.717) is 26.1 Å². The van der Waals surface area contributed by atoms with Gasteiger partial charge >= 0.3 is 5.97 Å². The fourth-order valence-electron chi connectivity index (χ4n) is 4.46. The minimum Gasteiger partial charge on any atom is -0.469 e. The number of rotatable bonds is 7. The van der Waals surface area contributed by atoms with Gasteiger partial charge in [-0.2, -0.15) is 0 Å². The molecular formula is C24H31FO6. The molecule has 1 aliphatic carbocycles. The lowest BCUT2D eigenvalue weighted by molar-refractivity contribution is -0.174. The monoisotopic (exact) mass is 434 g/mol. The number of methoxy groups -OCH3 is 1. The van der Waals surface area contributed by atoms with E-state index in [0.717, 1.165) is 16.7 Å². The van der Waals surface area contributed by atoms with Crippen LogP contribution in [0.2, 0.25) is 0 Å². The van der Waals surface area contributed by atoms with Crippen LogP contribution in [0.1, 0.15) is 45.1 Å². The van der Waals surface area contributed by atoms with E-state index in [1.54, 1.807) is 18.2 Å². The van der Waals surface area contributed by atoms with E-state index >= 15 is 0 Å². The Morgan fingerprint density at radius 2 is 1.87 bits per heavy atom. The normalized spacial score (nSPS) is 22.1. The molecular weight excluding hydrogens is 403 g/mol. The van der Waals surface area contributed by atoms with Crippen LogP contribution in [0.4, 0.5) is 4.39 Å². The number of allylic oxidation sites excluding steroid dienone is 2. The molecule has 31 heavy (non-hydrogen) atoms. The smallest absolute Gasteiger partial charge is 0.308 e. The van der Waals surface area contributed by atoms with Crippen LogP contribution in [-0.2, 0) is 19.0 Å². The summed E-state index contributed by atoms with van der Waals surface area (Å²) in [6, 6.07) is 6.32. The van der Waals surface area contributed by atoms with Gasteiger partial charge in [0.15, 0.2) is 5.79 Å². The van der Waals surface area contributed by atoms with Crippen LogP contribution in [0.3, 0.4) is 0 Å². The Balaban J connectivity index is 1.89. The van der Waals surface area contributed by atoms with E-state index in [1.165, 1.54) is 19.2 Å². The number of carbonyl (C=O) groups is 1. The lowest BCUT2D eigenvalue weighted by atomic mass is 9.68. The van der Waals surface area contributed by atoms with Crippen LogP contribution in [-0.4, -0.2) is 54.5 Å². The minimum absolute atomic E-state index is 0.0152. The molecule has 1 aromatic rings. The van der Waals surface area contributed by atoms with Crippen molar-refractivity contribution in [2.45, 2.75) is 57.5 Å². The van der Waals surface area contributed by atoms with E-state index in [-0.39, 0.29) is 24.1 Å². The quantitative estimate of drug-likeness (QED) is 0.640. The van der Waals surface area contributed by atoms with Crippen molar-refractivity contribution in [3.8, 4) is 0 Å². The highest BCUT2D eigenvalue weighted by Gasteiger charge is 2.47. The van der Waals surface area contributed by atoms with Gasteiger partial charge in [-0.1, -0.05) is 38.1 Å². The van der Waals surface area contributed by atoms with E-state index in [1.807, 2.05) is 6.08 Å². The van der Waals surface area contributed by atoms with Gasteiger partial charge in [0.1, 0.15) is 5.82 Å². The zero-order valence-corrected chi connectivity index (χ0v) is 18.3. The molecule has 2 N–H and O–H groups in total. The molecule has 0 amide bonds. The van der Waals surface area contributed by atoms with E-state index in [4.69, 9.17) is 9.47 Å². The molecule has 2 unspecified atom stereocenters. The first-order chi connectivity index (χ1) is 14.6. The van der Waals surface area contributed by atoms with Crippen LogP contribution in [0, 0.1) is 11.2 Å². The van der Waals surface area contributed by atoms with Crippen LogP contribution in [0.25, 0.3) is 5.57 Å². The van der Waals surface area contributed by atoms with Crippen molar-refractivity contribution in [3.63, 3.8) is 0 Å². The topological polar surface area (TPSA) is 85.2 Å². The number of aliphatic hydroxyl groups is 2. The van der Waals surface area contributed by atoms with Crippen molar-refractivity contribution in [3.05, 3.63) is 53.4 Å². The number of ether oxygens (including phenoxy) is 3. The average Bonchev–Trinajstić information content (AvgIpc) is 3.13. The minimum atomic E-state index is -0.999. The van der Waals surface area contributed by atoms with Crippen molar-refractivity contribution in [2.75, 3.05) is 20.3 Å². The average molecular weight is 435 g/mol. The van der Waals surface area contributed by atoms with Crippen molar-refractivity contribution in [1.29, 1.82) is 0 Å². The molecule has 6 nitrogen and oxygen atoms in total. The predicted octanol–water partition coefficient (Wildman–Crippen LogP) is 3.37. The number of halogens is 1. The summed E-state index contributed by atoms with van der Waals surface area (Å²) in [5.74, 6) is -1.55. The maximum Gasteiger partial charge on any atom is 0.308 e. The van der Waals surface area contributed by atoms with Crippen LogP contribution in [0.5, 0.6) is 0 Å². The molecule has 0 radical (unpaired) electrons. The van der Waals surface area contributed by atoms with Gasteiger partial charge in [-0.25, -0.2) is 4.39 Å². The second kappa shape index (κ2) is 9.61. The maximum absolute atomic E-state index is 13.5. The third-order valence-corrected chi connectivity index (χ3v) is 5.85. The van der Waals surface area contributed by atoms with Gasteiger partial charge in [0.05, 0.1) is 39.0 Å². The Kier molecular flexibility index (Phi) is 7.31. The number of aliphatic hydroxyl groups excluding tert-OH is 2. The van der Waals surface area contributed by atoms with E-state index < -0.39 is 24.0 Å². The summed E-state index contributed by atoms with van der Waals surface area (Å²) in [4.78, 5) is 11.3. The van der Waals surface area contributed by atoms with Gasteiger partial charge in [0.25, 0.3) is 0 Å². The van der Waals surface area contributed by atoms with Crippen molar-refractivity contribution >= 4 is 11.5 Å². The summed E-state index contributed by atoms with van der Waals surface area (Å²) in [7, 11) is 1.25. The molecule has 1 heterocycles. The summed E-state index contributed by atoms with van der Waals surface area (Å²) in [5, 5.41) is 20.4. The summed E-state index contributed by atoms with van der Waals surface area (Å²) < 4.78 is 30.0. The summed E-state index contributed by atoms with van der Waals surface area (Å²) in [5.41, 5.74) is 2.49. The molecule has 0 saturated carbocycles. The van der Waals surface area contributed by atoms with Crippen molar-refractivity contribution < 1.29 is 33.6 Å². The van der Waals surface area contributed by atoms with Crippen LogP contribution >= 0.6 is 0 Å². The Morgan fingerprint density at radius 1 is 1.23 bits per heavy atom. The Bertz CT molecular complexity index is 836. The van der Waals surface area contributed by atoms with E-state index in [9.17, 15) is 19.4 Å². The number of hydrogen-bond donors (Lipinski definition) is 2. The van der Waals surface area contributed by atoms with Gasteiger partial charge in [-0.15, -0.1) is 0 Å². The number of carbonyl (C=O) groups excluding carboxylic acids is 1. The lowest BCUT2D eigenvalue weighted by Crippen LogP contribution is -2.41. The molecule has 2 atom stereocenters. The molecule has 170 valence electrons. The first-order valence-corrected chi connectivity index (χ1v) is 10.5. The lowest BCUT2D eigenvalue weighted by Gasteiger charge is -2.43. The molecule has 7 heteroatoms. The summed E-state index contributed by atoms with van der Waals surface area (Å²) in [6.45, 7) is 5.24. The molecule has 1 saturated heterocycles. The van der Waals surface area contributed by atoms with E-state index in [2.05, 4.69) is 18.6 Å². The molecule has 2 aliphatic rings. The number of benzene rings is 1. The molecule has 1 aromatic carbocycles. The van der Waals surface area contributed by atoms with Gasteiger partial charge < -0.3 is 24.4 Å². The molecule has 1 spiro atoms. The third kappa shape index (κ3) is 5.80. The first-order valence-electron chi connectivity index (χ1n) is 10.5. The second-order valence-electron chi connectivity index (χ2n) is 8.84. The highest BCUT2D eigenvalue weighted by Crippen LogP contribution is 2.51. The SMILES string of the molecule is COC(=O)CC(O)CC(O)C=CC1=C(c2ccc(F)cc2)CC2(CC1(C)C)OCCO2. The molecule has 0 bridgehead atoms. The zero-order valence-electron chi connectivity index (χ0n) is 18.3. The zero-order chi connectivity index (χ0) is 22.6. The standard InChI is InChI=1S/C24H31FO6/c1-23(2)15-24(30-10-11-31-24)14-20(16-4-6-17(25)7-5-16)21(23)9-8-18(26)12-19(27)13-22(28)29-3/h4-9,18-19,26-27H,10-15H2,1-3H3. The fraction of sp³-hybridized carbons (Fsp3) is 0.542. The number of esters is 1. The van der Waals surface area contributed by atoms with Crippen molar-refractivity contribution in [2.24, 2.45) is 5.41 Å². The Labute approximate surface area is 182 Å². The maximum atomic E-state index is 13.5. The van der Waals surface area contributed by atoms with Gasteiger partial charge in [-0.3, -0.25) is 4.79 Å².